The number of rotatable bonds is 9. The number of methoxy groups -OCH3 is 1. The number of hydrogen-bond acceptors (Lipinski definition) is 7. The smallest absolute Gasteiger partial charge is 0.262 e. The van der Waals surface area contributed by atoms with Crippen LogP contribution in [0.3, 0.4) is 0 Å². The zero-order valence-electron chi connectivity index (χ0n) is 21.5. The van der Waals surface area contributed by atoms with Gasteiger partial charge in [-0.2, -0.15) is 0 Å². The third-order valence-corrected chi connectivity index (χ3v) is 7.83. The molecule has 0 saturated carbocycles. The second kappa shape index (κ2) is 11.2. The van der Waals surface area contributed by atoms with Crippen molar-refractivity contribution in [2.45, 2.75) is 43.6 Å². The highest BCUT2D eigenvalue weighted by molar-refractivity contribution is 8.00. The molecule has 9 heteroatoms. The van der Waals surface area contributed by atoms with Crippen LogP contribution in [0, 0.1) is 0 Å². The maximum Gasteiger partial charge on any atom is 0.262 e. The first kappa shape index (κ1) is 25.7. The third-order valence-electron chi connectivity index (χ3n) is 6.48. The van der Waals surface area contributed by atoms with Gasteiger partial charge in [0.05, 0.1) is 29.8 Å². The molecule has 8 nitrogen and oxygen atoms in total. The number of nitrogens with zero attached hydrogens (tertiary/aromatic N) is 2. The van der Waals surface area contributed by atoms with Gasteiger partial charge in [-0.1, -0.05) is 55.9 Å². The molecule has 196 valence electrons. The first-order chi connectivity index (χ1) is 18.5. The lowest BCUT2D eigenvalue weighted by atomic mass is 10.1. The number of ether oxygens (including phenoxy) is 3. The standard InChI is InChI=1S/C29H29N3O5S/c1-4-19-8-6-7-9-22(19)30-27(33)26(5-2)38-29-31-23-15-25-24(36-17-37-25)14-21(23)28(34)32(29)16-18-10-12-20(35-3)13-11-18/h6-15,26H,4-5,16-17H2,1-3H3,(H,30,33)/t26-/m0/s1. The van der Waals surface area contributed by atoms with Crippen LogP contribution in [0.2, 0.25) is 0 Å². The number of para-hydroxylation sites is 1. The molecular formula is C29H29N3O5S. The van der Waals surface area contributed by atoms with E-state index in [0.29, 0.717) is 40.5 Å². The van der Waals surface area contributed by atoms with Gasteiger partial charge in [-0.15, -0.1) is 0 Å². The molecule has 0 fully saturated rings. The lowest BCUT2D eigenvalue weighted by molar-refractivity contribution is -0.115. The molecule has 3 aromatic carbocycles. The van der Waals surface area contributed by atoms with Crippen LogP contribution in [-0.4, -0.2) is 34.6 Å². The molecule has 4 aromatic rings. The summed E-state index contributed by atoms with van der Waals surface area (Å²) in [6.45, 7) is 4.40. The van der Waals surface area contributed by atoms with Crippen molar-refractivity contribution in [3.8, 4) is 17.2 Å². The summed E-state index contributed by atoms with van der Waals surface area (Å²) in [5.41, 5.74) is 3.06. The molecule has 1 aliphatic heterocycles. The Balaban J connectivity index is 1.53. The van der Waals surface area contributed by atoms with Crippen LogP contribution in [0.15, 0.2) is 70.6 Å². The van der Waals surface area contributed by atoms with Crippen molar-refractivity contribution in [1.82, 2.24) is 9.55 Å². The van der Waals surface area contributed by atoms with Crippen LogP contribution in [0.25, 0.3) is 10.9 Å². The average Bonchev–Trinajstić information content (AvgIpc) is 3.40. The number of anilines is 1. The molecule has 0 spiro atoms. The average molecular weight is 532 g/mol. The van der Waals surface area contributed by atoms with Crippen LogP contribution < -0.4 is 25.1 Å². The maximum absolute atomic E-state index is 13.8. The predicted octanol–water partition coefficient (Wildman–Crippen LogP) is 5.25. The molecule has 5 rings (SSSR count). The monoisotopic (exact) mass is 531 g/mol. The van der Waals surface area contributed by atoms with Crippen LogP contribution in [0.1, 0.15) is 31.4 Å². The number of amides is 1. The van der Waals surface area contributed by atoms with Crippen LogP contribution in [0.4, 0.5) is 5.69 Å². The van der Waals surface area contributed by atoms with E-state index in [-0.39, 0.29) is 18.3 Å². The van der Waals surface area contributed by atoms with E-state index in [1.165, 1.54) is 11.8 Å². The van der Waals surface area contributed by atoms with Crippen molar-refractivity contribution >= 4 is 34.3 Å². The largest absolute Gasteiger partial charge is 0.497 e. The van der Waals surface area contributed by atoms with Gasteiger partial charge < -0.3 is 19.5 Å². The lowest BCUT2D eigenvalue weighted by Crippen LogP contribution is -2.28. The maximum atomic E-state index is 13.8. The van der Waals surface area contributed by atoms with E-state index in [1.54, 1.807) is 23.8 Å². The number of carbonyl (C=O) groups excluding carboxylic acids is 1. The molecule has 0 bridgehead atoms. The van der Waals surface area contributed by atoms with Crippen molar-refractivity contribution in [3.05, 3.63) is 82.1 Å². The third kappa shape index (κ3) is 5.19. The topological polar surface area (TPSA) is 91.7 Å². The van der Waals surface area contributed by atoms with E-state index >= 15 is 0 Å². The Bertz CT molecular complexity index is 1530. The lowest BCUT2D eigenvalue weighted by Gasteiger charge is -2.19. The number of fused-ring (bicyclic) bond motifs is 2. The number of aryl methyl sites for hydroxylation is 1. The van der Waals surface area contributed by atoms with Gasteiger partial charge in [0, 0.05) is 11.8 Å². The Morgan fingerprint density at radius 2 is 1.84 bits per heavy atom. The number of nitrogens with one attached hydrogen (secondary N) is 1. The van der Waals surface area contributed by atoms with Gasteiger partial charge in [0.1, 0.15) is 5.75 Å². The van der Waals surface area contributed by atoms with E-state index < -0.39 is 5.25 Å². The van der Waals surface area contributed by atoms with E-state index in [4.69, 9.17) is 19.2 Å². The highest BCUT2D eigenvalue weighted by atomic mass is 32.2. The van der Waals surface area contributed by atoms with Gasteiger partial charge >= 0.3 is 0 Å². The zero-order chi connectivity index (χ0) is 26.6. The van der Waals surface area contributed by atoms with E-state index in [2.05, 4.69) is 12.2 Å². The number of hydrogen-bond donors (Lipinski definition) is 1. The Kier molecular flexibility index (Phi) is 7.55. The zero-order valence-corrected chi connectivity index (χ0v) is 22.3. The fraction of sp³-hybridized carbons (Fsp3) is 0.276. The number of thioether (sulfide) groups is 1. The number of benzene rings is 3. The molecule has 1 atom stereocenters. The van der Waals surface area contributed by atoms with Crippen LogP contribution in [-0.2, 0) is 17.8 Å². The summed E-state index contributed by atoms with van der Waals surface area (Å²) in [7, 11) is 1.61. The Labute approximate surface area is 224 Å². The van der Waals surface area contributed by atoms with E-state index in [9.17, 15) is 9.59 Å². The first-order valence-corrected chi connectivity index (χ1v) is 13.4. The van der Waals surface area contributed by atoms with Gasteiger partial charge in [-0.05, 0) is 48.2 Å². The summed E-state index contributed by atoms with van der Waals surface area (Å²) in [6, 6.07) is 18.7. The van der Waals surface area contributed by atoms with E-state index in [1.807, 2.05) is 55.5 Å². The van der Waals surface area contributed by atoms with Crippen molar-refractivity contribution in [2.75, 3.05) is 19.2 Å². The second-order valence-corrected chi connectivity index (χ2v) is 10.0. The van der Waals surface area contributed by atoms with Gasteiger partial charge in [-0.25, -0.2) is 4.98 Å². The molecule has 38 heavy (non-hydrogen) atoms. The SMILES string of the molecule is CCc1ccccc1NC(=O)[C@H](CC)Sc1nc2cc3c(cc2c(=O)n1Cc1ccc(OC)cc1)OCO3. The Morgan fingerprint density at radius 3 is 2.55 bits per heavy atom. The minimum absolute atomic E-state index is 0.102. The van der Waals surface area contributed by atoms with Gasteiger partial charge in [-0.3, -0.25) is 14.2 Å². The highest BCUT2D eigenvalue weighted by Crippen LogP contribution is 2.36. The van der Waals surface area contributed by atoms with Crippen LogP contribution in [0.5, 0.6) is 17.2 Å². The Morgan fingerprint density at radius 1 is 1.11 bits per heavy atom. The quantitative estimate of drug-likeness (QED) is 0.233. The van der Waals surface area contributed by atoms with Crippen molar-refractivity contribution in [2.24, 2.45) is 0 Å². The van der Waals surface area contributed by atoms with Gasteiger partial charge in [0.2, 0.25) is 12.7 Å². The van der Waals surface area contributed by atoms with Gasteiger partial charge in [0.25, 0.3) is 5.56 Å². The summed E-state index contributed by atoms with van der Waals surface area (Å²) >= 11 is 1.29. The first-order valence-electron chi connectivity index (χ1n) is 12.5. The van der Waals surface area contributed by atoms with Crippen molar-refractivity contribution < 1.29 is 19.0 Å². The molecule has 0 saturated heterocycles. The normalized spacial score (nSPS) is 12.9. The molecule has 0 unspecified atom stereocenters. The summed E-state index contributed by atoms with van der Waals surface area (Å²) in [6.07, 6.45) is 1.37. The van der Waals surface area contributed by atoms with Crippen molar-refractivity contribution in [3.63, 3.8) is 0 Å². The van der Waals surface area contributed by atoms with Gasteiger partial charge in [0.15, 0.2) is 16.7 Å². The molecule has 1 aromatic heterocycles. The predicted molar refractivity (Wildman–Crippen MR) is 149 cm³/mol. The van der Waals surface area contributed by atoms with E-state index in [0.717, 1.165) is 29.0 Å². The highest BCUT2D eigenvalue weighted by Gasteiger charge is 2.24. The summed E-state index contributed by atoms with van der Waals surface area (Å²) in [4.78, 5) is 32.0. The summed E-state index contributed by atoms with van der Waals surface area (Å²) in [5, 5.41) is 3.51. The molecule has 1 amide bonds. The second-order valence-electron chi connectivity index (χ2n) is 8.87. The summed E-state index contributed by atoms with van der Waals surface area (Å²) in [5.74, 6) is 1.67. The molecular weight excluding hydrogens is 502 g/mol. The number of aromatic nitrogens is 2. The summed E-state index contributed by atoms with van der Waals surface area (Å²) < 4.78 is 17.9. The minimum Gasteiger partial charge on any atom is -0.497 e. The minimum atomic E-state index is -0.458. The molecule has 2 heterocycles. The molecule has 0 aliphatic carbocycles. The fourth-order valence-corrected chi connectivity index (χ4v) is 5.36. The molecule has 1 N–H and O–H groups in total. The number of carbonyl (C=O) groups is 1. The fourth-order valence-electron chi connectivity index (χ4n) is 4.35. The Hall–Kier alpha value is -3.98. The molecule has 1 aliphatic rings. The van der Waals surface area contributed by atoms with Crippen molar-refractivity contribution in [1.29, 1.82) is 0 Å². The molecule has 0 radical (unpaired) electrons. The van der Waals surface area contributed by atoms with Crippen LogP contribution >= 0.6 is 11.8 Å².